The lowest BCUT2D eigenvalue weighted by atomic mass is 10.1. The van der Waals surface area contributed by atoms with E-state index in [1.165, 1.54) is 0 Å². The molecule has 1 aromatic carbocycles. The van der Waals surface area contributed by atoms with Gasteiger partial charge in [-0.25, -0.2) is 0 Å². The fourth-order valence-electron chi connectivity index (χ4n) is 1.65. The van der Waals surface area contributed by atoms with Gasteiger partial charge in [0, 0.05) is 5.25 Å². The highest BCUT2D eigenvalue weighted by Crippen LogP contribution is 2.46. The number of rotatable bonds is 1. The highest BCUT2D eigenvalue weighted by atomic mass is 32.2. The molecule has 0 aliphatic carbocycles. The van der Waals surface area contributed by atoms with Crippen LogP contribution in [0, 0.1) is 6.92 Å². The van der Waals surface area contributed by atoms with Gasteiger partial charge < -0.3 is 16.2 Å². The number of aryl methyl sites for hydroxylation is 1. The maximum atomic E-state index is 6.03. The van der Waals surface area contributed by atoms with Crippen LogP contribution in [-0.4, -0.2) is 11.9 Å². The fourth-order valence-corrected chi connectivity index (χ4v) is 2.86. The van der Waals surface area contributed by atoms with Crippen LogP contribution < -0.4 is 16.2 Å². The van der Waals surface area contributed by atoms with Crippen molar-refractivity contribution in [1.82, 2.24) is 0 Å². The molecule has 2 rings (SSSR count). The van der Waals surface area contributed by atoms with Gasteiger partial charge in [0.05, 0.1) is 16.3 Å². The first-order valence-corrected chi connectivity index (χ1v) is 5.99. The monoisotopic (exact) mass is 224 g/mol. The smallest absolute Gasteiger partial charge is 0.157 e. The van der Waals surface area contributed by atoms with Crippen molar-refractivity contribution >= 4 is 23.1 Å². The van der Waals surface area contributed by atoms with E-state index in [1.54, 1.807) is 11.8 Å². The number of anilines is 2. The maximum Gasteiger partial charge on any atom is 0.157 e. The van der Waals surface area contributed by atoms with Gasteiger partial charge >= 0.3 is 0 Å². The number of hydrogen-bond acceptors (Lipinski definition) is 4. The molecule has 0 saturated carbocycles. The van der Waals surface area contributed by atoms with Gasteiger partial charge in [0.15, 0.2) is 5.75 Å². The van der Waals surface area contributed by atoms with E-state index >= 15 is 0 Å². The standard InChI is InChI=1S/C11H16N2OS/c1-3-7-5-14-10-8(12)4-6(2)9(13)11(10)15-7/h4,7H,3,5,12-13H2,1-2H3. The molecule has 1 heterocycles. The molecule has 4 N–H and O–H groups in total. The Morgan fingerprint density at radius 1 is 1.53 bits per heavy atom. The topological polar surface area (TPSA) is 61.3 Å². The van der Waals surface area contributed by atoms with Gasteiger partial charge in [0.25, 0.3) is 0 Å². The zero-order valence-electron chi connectivity index (χ0n) is 9.04. The minimum absolute atomic E-state index is 0.487. The lowest BCUT2D eigenvalue weighted by molar-refractivity contribution is 0.302. The summed E-state index contributed by atoms with van der Waals surface area (Å²) in [7, 11) is 0. The number of ether oxygens (including phenoxy) is 1. The molecular weight excluding hydrogens is 208 g/mol. The van der Waals surface area contributed by atoms with E-state index < -0.39 is 0 Å². The fraction of sp³-hybridized carbons (Fsp3) is 0.455. The summed E-state index contributed by atoms with van der Waals surface area (Å²) in [6.45, 7) is 4.85. The lowest BCUT2D eigenvalue weighted by Crippen LogP contribution is -2.20. The normalized spacial score (nSPS) is 19.5. The van der Waals surface area contributed by atoms with E-state index in [-0.39, 0.29) is 0 Å². The van der Waals surface area contributed by atoms with Crippen LogP contribution in [0.2, 0.25) is 0 Å². The molecule has 1 aliphatic heterocycles. The summed E-state index contributed by atoms with van der Waals surface area (Å²) in [4.78, 5) is 1.02. The Bertz CT molecular complexity index is 393. The summed E-state index contributed by atoms with van der Waals surface area (Å²) in [5.74, 6) is 0.771. The Morgan fingerprint density at radius 2 is 2.27 bits per heavy atom. The Balaban J connectivity index is 2.48. The molecule has 0 aromatic heterocycles. The van der Waals surface area contributed by atoms with Gasteiger partial charge in [0.1, 0.15) is 6.61 Å². The second-order valence-electron chi connectivity index (χ2n) is 3.81. The maximum absolute atomic E-state index is 6.03. The molecule has 0 bridgehead atoms. The van der Waals surface area contributed by atoms with Crippen molar-refractivity contribution in [3.63, 3.8) is 0 Å². The number of nitrogens with two attached hydrogens (primary N) is 2. The van der Waals surface area contributed by atoms with Crippen LogP contribution in [-0.2, 0) is 0 Å². The summed E-state index contributed by atoms with van der Waals surface area (Å²) < 4.78 is 5.67. The zero-order chi connectivity index (χ0) is 11.0. The van der Waals surface area contributed by atoms with Crippen LogP contribution in [0.1, 0.15) is 18.9 Å². The first-order valence-electron chi connectivity index (χ1n) is 5.11. The average molecular weight is 224 g/mol. The Kier molecular flexibility index (Phi) is 2.69. The lowest BCUT2D eigenvalue weighted by Gasteiger charge is -2.26. The van der Waals surface area contributed by atoms with Gasteiger partial charge in [-0.2, -0.15) is 0 Å². The molecule has 1 aliphatic rings. The van der Waals surface area contributed by atoms with Gasteiger partial charge in [-0.15, -0.1) is 11.8 Å². The molecule has 0 radical (unpaired) electrons. The van der Waals surface area contributed by atoms with Crippen molar-refractivity contribution in [2.24, 2.45) is 0 Å². The van der Waals surface area contributed by atoms with Crippen LogP contribution in [0.4, 0.5) is 11.4 Å². The highest BCUT2D eigenvalue weighted by Gasteiger charge is 2.24. The molecule has 0 saturated heterocycles. The molecular formula is C11H16N2OS. The Hall–Kier alpha value is -1.03. The predicted octanol–water partition coefficient (Wildman–Crippen LogP) is 2.42. The van der Waals surface area contributed by atoms with Crippen LogP contribution in [0.5, 0.6) is 5.75 Å². The second-order valence-corrected chi connectivity index (χ2v) is 5.12. The summed E-state index contributed by atoms with van der Waals surface area (Å²) >= 11 is 1.78. The number of fused-ring (bicyclic) bond motifs is 1. The molecule has 1 unspecified atom stereocenters. The molecule has 0 amide bonds. The third kappa shape index (κ3) is 1.74. The van der Waals surface area contributed by atoms with E-state index in [1.807, 2.05) is 13.0 Å². The van der Waals surface area contributed by atoms with E-state index in [0.29, 0.717) is 10.9 Å². The largest absolute Gasteiger partial charge is 0.489 e. The van der Waals surface area contributed by atoms with Crippen molar-refractivity contribution < 1.29 is 4.74 Å². The van der Waals surface area contributed by atoms with Crippen LogP contribution in [0.3, 0.4) is 0 Å². The van der Waals surface area contributed by atoms with E-state index in [0.717, 1.165) is 34.9 Å². The first kappa shape index (κ1) is 10.5. The van der Waals surface area contributed by atoms with Gasteiger partial charge in [0.2, 0.25) is 0 Å². The molecule has 1 atom stereocenters. The van der Waals surface area contributed by atoms with Crippen LogP contribution >= 0.6 is 11.8 Å². The number of hydrogen-bond donors (Lipinski definition) is 2. The molecule has 82 valence electrons. The average Bonchev–Trinajstić information content (AvgIpc) is 2.25. The summed E-state index contributed by atoms with van der Waals surface area (Å²) in [5, 5.41) is 0.487. The third-order valence-corrected chi connectivity index (χ3v) is 4.11. The van der Waals surface area contributed by atoms with Crippen molar-refractivity contribution in [3.8, 4) is 5.75 Å². The summed E-state index contributed by atoms with van der Waals surface area (Å²) in [6.07, 6.45) is 1.08. The third-order valence-electron chi connectivity index (χ3n) is 2.66. The van der Waals surface area contributed by atoms with Crippen molar-refractivity contribution in [1.29, 1.82) is 0 Å². The predicted molar refractivity (Wildman–Crippen MR) is 65.4 cm³/mol. The Labute approximate surface area is 94.2 Å². The summed E-state index contributed by atoms with van der Waals surface area (Å²) in [5.41, 5.74) is 14.5. The van der Waals surface area contributed by atoms with Gasteiger partial charge in [-0.05, 0) is 25.0 Å². The van der Waals surface area contributed by atoms with E-state index in [9.17, 15) is 0 Å². The van der Waals surface area contributed by atoms with Crippen LogP contribution in [0.15, 0.2) is 11.0 Å². The minimum atomic E-state index is 0.487. The molecule has 4 heteroatoms. The zero-order valence-corrected chi connectivity index (χ0v) is 9.86. The van der Waals surface area contributed by atoms with E-state index in [2.05, 4.69) is 6.92 Å². The van der Waals surface area contributed by atoms with Crippen LogP contribution in [0.25, 0.3) is 0 Å². The van der Waals surface area contributed by atoms with E-state index in [4.69, 9.17) is 16.2 Å². The number of benzene rings is 1. The van der Waals surface area contributed by atoms with Crippen molar-refractivity contribution in [3.05, 3.63) is 11.6 Å². The SMILES string of the molecule is CCC1COc2c(N)cc(C)c(N)c2S1. The highest BCUT2D eigenvalue weighted by molar-refractivity contribution is 8.00. The van der Waals surface area contributed by atoms with Gasteiger partial charge in [-0.3, -0.25) is 0 Å². The second kappa shape index (κ2) is 3.85. The number of nitrogen functional groups attached to an aromatic ring is 2. The summed E-state index contributed by atoms with van der Waals surface area (Å²) in [6, 6.07) is 1.88. The molecule has 1 aromatic rings. The Morgan fingerprint density at radius 3 is 2.93 bits per heavy atom. The number of thioether (sulfide) groups is 1. The molecule has 0 fully saturated rings. The van der Waals surface area contributed by atoms with Gasteiger partial charge in [-0.1, -0.05) is 6.92 Å². The molecule has 3 nitrogen and oxygen atoms in total. The van der Waals surface area contributed by atoms with Crippen molar-refractivity contribution in [2.75, 3.05) is 18.1 Å². The van der Waals surface area contributed by atoms with Crippen molar-refractivity contribution in [2.45, 2.75) is 30.4 Å². The molecule has 15 heavy (non-hydrogen) atoms. The minimum Gasteiger partial charge on any atom is -0.489 e. The molecule has 0 spiro atoms. The quantitative estimate of drug-likeness (QED) is 0.719. The first-order chi connectivity index (χ1) is 7.13.